The second-order valence-electron chi connectivity index (χ2n) is 9.32. The van der Waals surface area contributed by atoms with E-state index in [-0.39, 0.29) is 11.3 Å². The number of rotatable bonds is 5. The van der Waals surface area contributed by atoms with Crippen LogP contribution >= 0.6 is 0 Å². The molecule has 1 spiro atoms. The number of amides is 1. The number of piperidine rings is 1. The molecule has 8 heteroatoms. The molecule has 1 amide bonds. The van der Waals surface area contributed by atoms with Crippen LogP contribution in [-0.2, 0) is 4.79 Å². The SMILES string of the molecule is C=CC(=O)N1CCCC2(CC(Nc3n[nH]c4nccc(C#Cc5cc(OC)cc(OC)c5)c34)C2)C1. The number of hydrogen-bond donors (Lipinski definition) is 2. The number of nitrogens with zero attached hydrogens (tertiary/aromatic N) is 3. The Morgan fingerprint density at radius 1 is 1.26 bits per heavy atom. The summed E-state index contributed by atoms with van der Waals surface area (Å²) in [6.45, 7) is 5.26. The van der Waals surface area contributed by atoms with E-state index < -0.39 is 0 Å². The van der Waals surface area contributed by atoms with E-state index in [4.69, 9.17) is 9.47 Å². The average Bonchev–Trinajstić information content (AvgIpc) is 3.29. The molecule has 0 unspecified atom stereocenters. The molecule has 180 valence electrons. The molecule has 3 aromatic rings. The highest BCUT2D eigenvalue weighted by Gasteiger charge is 2.47. The van der Waals surface area contributed by atoms with E-state index in [1.54, 1.807) is 20.4 Å². The van der Waals surface area contributed by atoms with Gasteiger partial charge in [0, 0.05) is 42.5 Å². The molecule has 0 bridgehead atoms. The highest BCUT2D eigenvalue weighted by molar-refractivity contribution is 5.92. The highest BCUT2D eigenvalue weighted by atomic mass is 16.5. The summed E-state index contributed by atoms with van der Waals surface area (Å²) in [6, 6.07) is 7.76. The molecule has 2 N–H and O–H groups in total. The first-order valence-electron chi connectivity index (χ1n) is 11.8. The molecule has 1 saturated carbocycles. The number of carbonyl (C=O) groups is 1. The van der Waals surface area contributed by atoms with E-state index in [2.05, 4.69) is 38.9 Å². The van der Waals surface area contributed by atoms with Crippen LogP contribution in [0.25, 0.3) is 11.0 Å². The third kappa shape index (κ3) is 4.54. The number of methoxy groups -OCH3 is 2. The van der Waals surface area contributed by atoms with Crippen LogP contribution in [0, 0.1) is 17.3 Å². The number of pyridine rings is 1. The quantitative estimate of drug-likeness (QED) is 0.435. The van der Waals surface area contributed by atoms with Gasteiger partial charge in [-0.25, -0.2) is 4.98 Å². The Morgan fingerprint density at radius 2 is 2.03 bits per heavy atom. The summed E-state index contributed by atoms with van der Waals surface area (Å²) in [6.07, 6.45) is 7.35. The van der Waals surface area contributed by atoms with E-state index in [1.807, 2.05) is 29.2 Å². The zero-order valence-electron chi connectivity index (χ0n) is 20.1. The largest absolute Gasteiger partial charge is 0.497 e. The molecule has 0 atom stereocenters. The van der Waals surface area contributed by atoms with Crippen molar-refractivity contribution in [2.75, 3.05) is 32.6 Å². The molecule has 1 aliphatic carbocycles. The minimum atomic E-state index is 0.0294. The van der Waals surface area contributed by atoms with Crippen LogP contribution in [0.5, 0.6) is 11.5 Å². The number of likely N-dealkylation sites (tertiary alicyclic amines) is 1. The van der Waals surface area contributed by atoms with E-state index in [9.17, 15) is 4.79 Å². The topological polar surface area (TPSA) is 92.4 Å². The molecule has 1 aromatic carbocycles. The van der Waals surface area contributed by atoms with Crippen molar-refractivity contribution in [1.29, 1.82) is 0 Å². The number of aromatic nitrogens is 3. The Labute approximate surface area is 204 Å². The summed E-state index contributed by atoms with van der Waals surface area (Å²) >= 11 is 0. The minimum Gasteiger partial charge on any atom is -0.497 e. The maximum Gasteiger partial charge on any atom is 0.245 e. The van der Waals surface area contributed by atoms with Crippen LogP contribution in [-0.4, -0.2) is 59.3 Å². The number of aromatic amines is 1. The van der Waals surface area contributed by atoms with Crippen molar-refractivity contribution in [3.63, 3.8) is 0 Å². The number of nitrogens with one attached hydrogen (secondary N) is 2. The molecule has 1 aliphatic heterocycles. The van der Waals surface area contributed by atoms with Gasteiger partial charge in [-0.05, 0) is 55.4 Å². The lowest BCUT2D eigenvalue weighted by Gasteiger charge is -2.53. The molecular weight excluding hydrogens is 442 g/mol. The first-order chi connectivity index (χ1) is 17.0. The van der Waals surface area contributed by atoms with Crippen LogP contribution < -0.4 is 14.8 Å². The molecule has 35 heavy (non-hydrogen) atoms. The Kier molecular flexibility index (Phi) is 6.08. The van der Waals surface area contributed by atoms with Gasteiger partial charge in [0.15, 0.2) is 11.5 Å². The molecular formula is C27H29N5O3. The summed E-state index contributed by atoms with van der Waals surface area (Å²) in [5.74, 6) is 8.65. The fraction of sp³-hybridized carbons (Fsp3) is 0.370. The predicted octanol–water partition coefficient (Wildman–Crippen LogP) is 3.74. The van der Waals surface area contributed by atoms with Crippen molar-refractivity contribution >= 4 is 22.8 Å². The molecule has 2 aliphatic rings. The van der Waals surface area contributed by atoms with Gasteiger partial charge in [0.1, 0.15) is 11.5 Å². The first-order valence-corrected chi connectivity index (χ1v) is 11.8. The summed E-state index contributed by atoms with van der Waals surface area (Å²) in [7, 11) is 3.24. The van der Waals surface area contributed by atoms with Crippen LogP contribution in [0.15, 0.2) is 43.1 Å². The predicted molar refractivity (Wildman–Crippen MR) is 135 cm³/mol. The highest BCUT2D eigenvalue weighted by Crippen LogP contribution is 2.49. The molecule has 5 rings (SSSR count). The molecule has 8 nitrogen and oxygen atoms in total. The van der Waals surface area contributed by atoms with E-state index in [1.165, 1.54) is 6.08 Å². The summed E-state index contributed by atoms with van der Waals surface area (Å²) in [5, 5.41) is 12.0. The molecule has 3 heterocycles. The second kappa shape index (κ2) is 9.34. The first kappa shape index (κ1) is 22.8. The smallest absolute Gasteiger partial charge is 0.245 e. The summed E-state index contributed by atoms with van der Waals surface area (Å²) in [5.41, 5.74) is 2.51. The maximum atomic E-state index is 12.1. The van der Waals surface area contributed by atoms with Gasteiger partial charge in [0.25, 0.3) is 0 Å². The maximum absolute atomic E-state index is 12.1. The summed E-state index contributed by atoms with van der Waals surface area (Å²) in [4.78, 5) is 18.5. The van der Waals surface area contributed by atoms with Crippen LogP contribution in [0.4, 0.5) is 5.82 Å². The van der Waals surface area contributed by atoms with E-state index in [0.717, 1.165) is 61.1 Å². The number of ether oxygens (including phenoxy) is 2. The lowest BCUT2D eigenvalue weighted by Crippen LogP contribution is -2.55. The van der Waals surface area contributed by atoms with Gasteiger partial charge < -0.3 is 19.7 Å². The molecule has 2 aromatic heterocycles. The van der Waals surface area contributed by atoms with Crippen molar-refractivity contribution in [2.24, 2.45) is 5.41 Å². The van der Waals surface area contributed by atoms with E-state index in [0.29, 0.717) is 23.2 Å². The fourth-order valence-corrected chi connectivity index (χ4v) is 5.32. The second-order valence-corrected chi connectivity index (χ2v) is 9.32. The molecule has 1 saturated heterocycles. The van der Waals surface area contributed by atoms with Gasteiger partial charge >= 0.3 is 0 Å². The number of hydrogen-bond acceptors (Lipinski definition) is 6. The zero-order chi connectivity index (χ0) is 24.4. The third-order valence-corrected chi connectivity index (χ3v) is 7.00. The third-order valence-electron chi connectivity index (χ3n) is 7.00. The van der Waals surface area contributed by atoms with Crippen LogP contribution in [0.1, 0.15) is 36.8 Å². The van der Waals surface area contributed by atoms with Gasteiger partial charge in [0.05, 0.1) is 19.6 Å². The number of benzene rings is 1. The zero-order valence-corrected chi connectivity index (χ0v) is 20.1. The molecule has 0 radical (unpaired) electrons. The van der Waals surface area contributed by atoms with Crippen molar-refractivity contribution < 1.29 is 14.3 Å². The number of carbonyl (C=O) groups excluding carboxylic acids is 1. The summed E-state index contributed by atoms with van der Waals surface area (Å²) < 4.78 is 10.7. The number of anilines is 1. The minimum absolute atomic E-state index is 0.0294. The fourth-order valence-electron chi connectivity index (χ4n) is 5.32. The van der Waals surface area contributed by atoms with Crippen molar-refractivity contribution in [3.05, 3.63) is 54.2 Å². The monoisotopic (exact) mass is 471 g/mol. The average molecular weight is 472 g/mol. The van der Waals surface area contributed by atoms with Gasteiger partial charge in [-0.3, -0.25) is 9.89 Å². The number of fused-ring (bicyclic) bond motifs is 1. The lowest BCUT2D eigenvalue weighted by atomic mass is 9.61. The Bertz CT molecular complexity index is 1310. The normalized spacial score (nSPS) is 21.1. The van der Waals surface area contributed by atoms with Crippen LogP contribution in [0.2, 0.25) is 0 Å². The standard InChI is InChI=1S/C27H29N5O3/c1-4-23(33)32-11-5-9-27(17-32)15-20(16-27)29-26-24-19(8-10-28-25(24)30-31-26)7-6-18-12-21(34-2)14-22(13-18)35-3/h4,8,10,12-14,20H,1,5,9,11,15-17H2,2-3H3,(H2,28,29,30,31). The molecule has 2 fully saturated rings. The van der Waals surface area contributed by atoms with Gasteiger partial charge in [-0.2, -0.15) is 5.10 Å². The van der Waals surface area contributed by atoms with Gasteiger partial charge in [-0.15, -0.1) is 0 Å². The van der Waals surface area contributed by atoms with Crippen molar-refractivity contribution in [3.8, 4) is 23.3 Å². The Morgan fingerprint density at radius 3 is 2.74 bits per heavy atom. The van der Waals surface area contributed by atoms with Crippen molar-refractivity contribution in [1.82, 2.24) is 20.1 Å². The van der Waals surface area contributed by atoms with E-state index >= 15 is 0 Å². The lowest BCUT2D eigenvalue weighted by molar-refractivity contribution is -0.131. The Balaban J connectivity index is 1.35. The van der Waals surface area contributed by atoms with Crippen molar-refractivity contribution in [2.45, 2.75) is 31.7 Å². The van der Waals surface area contributed by atoms with Gasteiger partial charge in [-0.1, -0.05) is 18.4 Å². The Hall–Kier alpha value is -3.99. The van der Waals surface area contributed by atoms with Gasteiger partial charge in [0.2, 0.25) is 5.91 Å². The number of H-pyrrole nitrogens is 1. The van der Waals surface area contributed by atoms with Crippen LogP contribution in [0.3, 0.4) is 0 Å².